The van der Waals surface area contributed by atoms with Crippen LogP contribution in [-0.2, 0) is 0 Å². The van der Waals surface area contributed by atoms with Crippen LogP contribution in [-0.4, -0.2) is 43.7 Å². The van der Waals surface area contributed by atoms with E-state index >= 15 is 0 Å². The van der Waals surface area contributed by atoms with Crippen molar-refractivity contribution < 1.29 is 9.47 Å². The van der Waals surface area contributed by atoms with E-state index in [9.17, 15) is 0 Å². The first-order valence-corrected chi connectivity index (χ1v) is 10.1. The Labute approximate surface area is 177 Å². The Morgan fingerprint density at radius 2 is 1.94 bits per heavy atom. The lowest BCUT2D eigenvalue weighted by Gasteiger charge is -2.21. The normalized spacial score (nSPS) is 17.6. The summed E-state index contributed by atoms with van der Waals surface area (Å²) < 4.78 is 15.4. The molecule has 2 aromatic heterocycles. The maximum absolute atomic E-state index is 6.07. The van der Waals surface area contributed by atoms with Gasteiger partial charge in [-0.25, -0.2) is 14.7 Å². The zero-order valence-corrected chi connectivity index (χ0v) is 16.8. The van der Waals surface area contributed by atoms with Gasteiger partial charge in [0.25, 0.3) is 0 Å². The molecule has 0 saturated carbocycles. The second-order valence-electron chi connectivity index (χ2n) is 7.53. The van der Waals surface area contributed by atoms with E-state index in [-0.39, 0.29) is 5.96 Å². The highest BCUT2D eigenvalue weighted by molar-refractivity contribution is 5.95. The van der Waals surface area contributed by atoms with Gasteiger partial charge in [-0.15, -0.1) is 5.10 Å². The molecule has 31 heavy (non-hydrogen) atoms. The van der Waals surface area contributed by atoms with Crippen molar-refractivity contribution in [3.63, 3.8) is 0 Å². The molecule has 3 N–H and O–H groups in total. The highest BCUT2D eigenvalue weighted by atomic mass is 16.5. The molecule has 1 atom stereocenters. The first-order valence-electron chi connectivity index (χ1n) is 10.1. The van der Waals surface area contributed by atoms with Crippen molar-refractivity contribution in [2.75, 3.05) is 18.5 Å². The molecule has 10 nitrogen and oxygen atoms in total. The summed E-state index contributed by atoms with van der Waals surface area (Å²) in [6.45, 7) is 3.26. The first-order chi connectivity index (χ1) is 15.2. The predicted octanol–water partition coefficient (Wildman–Crippen LogP) is 2.37. The number of hydrogen-bond donors (Lipinski definition) is 2. The van der Waals surface area contributed by atoms with Crippen molar-refractivity contribution in [1.29, 1.82) is 0 Å². The number of imidazole rings is 1. The summed E-state index contributed by atoms with van der Waals surface area (Å²) in [5.41, 5.74) is 10.4. The zero-order chi connectivity index (χ0) is 20.9. The fourth-order valence-electron chi connectivity index (χ4n) is 3.96. The van der Waals surface area contributed by atoms with Crippen molar-refractivity contribution in [2.24, 2.45) is 10.7 Å². The van der Waals surface area contributed by atoms with Crippen LogP contribution in [0.4, 0.5) is 5.95 Å². The smallest absolute Gasteiger partial charge is 0.212 e. The summed E-state index contributed by atoms with van der Waals surface area (Å²) in [5.74, 6) is 2.24. The average Bonchev–Trinajstić information content (AvgIpc) is 3.30. The van der Waals surface area contributed by atoms with Gasteiger partial charge in [0.2, 0.25) is 5.95 Å². The standard InChI is InChI=1S/C21H20N8O2/c1-12-5-2-3-6-15(12)28-11-14(26-27-28)19-24-20(22)25-21-23-13-9-17-18(10-16(13)29(19)21)31-8-4-7-30-17/h2-3,5-6,9-11,19H,4,7-8H2,1H3,(H3,22,23,24,25). The zero-order valence-electron chi connectivity index (χ0n) is 16.8. The van der Waals surface area contributed by atoms with Crippen LogP contribution in [0.15, 0.2) is 47.6 Å². The Hall–Kier alpha value is -4.08. The fourth-order valence-corrected chi connectivity index (χ4v) is 3.96. The maximum atomic E-state index is 6.07. The van der Waals surface area contributed by atoms with Gasteiger partial charge in [-0.3, -0.25) is 9.88 Å². The number of nitrogens with zero attached hydrogens (tertiary/aromatic N) is 6. The van der Waals surface area contributed by atoms with Crippen LogP contribution in [0.1, 0.15) is 23.8 Å². The van der Waals surface area contributed by atoms with Crippen molar-refractivity contribution in [3.8, 4) is 17.2 Å². The number of aromatic nitrogens is 5. The van der Waals surface area contributed by atoms with Crippen LogP contribution in [0.5, 0.6) is 11.5 Å². The fraction of sp³-hybridized carbons (Fsp3) is 0.238. The van der Waals surface area contributed by atoms with Crippen molar-refractivity contribution in [1.82, 2.24) is 24.5 Å². The minimum Gasteiger partial charge on any atom is -0.489 e. The largest absolute Gasteiger partial charge is 0.489 e. The van der Waals surface area contributed by atoms with E-state index in [1.807, 2.05) is 54.1 Å². The van der Waals surface area contributed by atoms with Gasteiger partial charge in [-0.05, 0) is 18.6 Å². The number of anilines is 1. The van der Waals surface area contributed by atoms with E-state index in [1.54, 1.807) is 4.68 Å². The van der Waals surface area contributed by atoms with Gasteiger partial charge in [-0.1, -0.05) is 23.4 Å². The molecular weight excluding hydrogens is 396 g/mol. The second-order valence-corrected chi connectivity index (χ2v) is 7.53. The Kier molecular flexibility index (Phi) is 3.85. The minimum atomic E-state index is -0.510. The molecule has 2 aromatic carbocycles. The number of nitrogens with one attached hydrogen (secondary N) is 1. The molecule has 4 aromatic rings. The third-order valence-electron chi connectivity index (χ3n) is 5.44. The summed E-state index contributed by atoms with van der Waals surface area (Å²) in [4.78, 5) is 9.29. The monoisotopic (exact) mass is 416 g/mol. The van der Waals surface area contributed by atoms with Crippen LogP contribution < -0.4 is 20.5 Å². The number of fused-ring (bicyclic) bond motifs is 4. The summed E-state index contributed by atoms with van der Waals surface area (Å²) in [6, 6.07) is 11.8. The Morgan fingerprint density at radius 1 is 1.13 bits per heavy atom. The van der Waals surface area contributed by atoms with Crippen LogP contribution in [0.3, 0.4) is 0 Å². The molecule has 0 radical (unpaired) electrons. The molecular formula is C21H20N8O2. The number of aryl methyl sites for hydroxylation is 1. The molecule has 2 aliphatic heterocycles. The van der Waals surface area contributed by atoms with Crippen LogP contribution >= 0.6 is 0 Å². The van der Waals surface area contributed by atoms with Crippen LogP contribution in [0, 0.1) is 6.92 Å². The lowest BCUT2D eigenvalue weighted by Crippen LogP contribution is -2.31. The molecule has 0 spiro atoms. The number of para-hydroxylation sites is 1. The SMILES string of the molecule is Cc1ccccc1-n1cc(C2N=C(N)Nc3nc4cc5c(cc4n32)OCCCO5)nn1. The number of nitrogens with two attached hydrogens (primary N) is 1. The van der Waals surface area contributed by atoms with E-state index in [4.69, 9.17) is 20.2 Å². The summed E-state index contributed by atoms with van der Waals surface area (Å²) in [5, 5.41) is 11.8. The molecule has 0 bridgehead atoms. The minimum absolute atomic E-state index is 0.271. The number of aliphatic imine (C=N–C) groups is 1. The number of benzene rings is 2. The molecule has 4 heterocycles. The quantitative estimate of drug-likeness (QED) is 0.515. The summed E-state index contributed by atoms with van der Waals surface area (Å²) in [6.07, 6.45) is 2.20. The summed E-state index contributed by atoms with van der Waals surface area (Å²) in [7, 11) is 0. The van der Waals surface area contributed by atoms with E-state index < -0.39 is 6.17 Å². The van der Waals surface area contributed by atoms with Crippen LogP contribution in [0.25, 0.3) is 16.7 Å². The van der Waals surface area contributed by atoms with Gasteiger partial charge in [0.1, 0.15) is 5.69 Å². The lowest BCUT2D eigenvalue weighted by molar-refractivity contribution is 0.297. The van der Waals surface area contributed by atoms with Gasteiger partial charge in [-0.2, -0.15) is 0 Å². The van der Waals surface area contributed by atoms with Gasteiger partial charge in [0.15, 0.2) is 23.6 Å². The second kappa shape index (κ2) is 6.73. The van der Waals surface area contributed by atoms with Crippen molar-refractivity contribution >= 4 is 22.9 Å². The number of guanidine groups is 1. The molecule has 0 aliphatic carbocycles. The van der Waals surface area contributed by atoms with Crippen molar-refractivity contribution in [2.45, 2.75) is 19.5 Å². The predicted molar refractivity (Wildman–Crippen MR) is 115 cm³/mol. The number of ether oxygens (including phenoxy) is 2. The highest BCUT2D eigenvalue weighted by Crippen LogP contribution is 2.38. The highest BCUT2D eigenvalue weighted by Gasteiger charge is 2.29. The number of rotatable bonds is 2. The van der Waals surface area contributed by atoms with E-state index in [1.165, 1.54) is 0 Å². The Bertz CT molecular complexity index is 1340. The average molecular weight is 416 g/mol. The van der Waals surface area contributed by atoms with Crippen molar-refractivity contribution in [3.05, 3.63) is 53.9 Å². The third kappa shape index (κ3) is 2.87. The van der Waals surface area contributed by atoms with Gasteiger partial charge < -0.3 is 15.2 Å². The van der Waals surface area contributed by atoms with E-state index in [0.717, 1.165) is 28.7 Å². The molecule has 0 fully saturated rings. The molecule has 1 unspecified atom stereocenters. The Morgan fingerprint density at radius 3 is 2.77 bits per heavy atom. The topological polar surface area (TPSA) is 117 Å². The lowest BCUT2D eigenvalue weighted by atomic mass is 10.2. The molecule has 0 amide bonds. The van der Waals surface area contributed by atoms with Gasteiger partial charge in [0, 0.05) is 18.6 Å². The van der Waals surface area contributed by atoms with E-state index in [2.05, 4.69) is 20.6 Å². The van der Waals surface area contributed by atoms with Gasteiger partial charge >= 0.3 is 0 Å². The number of hydrogen-bond acceptors (Lipinski definition) is 8. The molecule has 6 rings (SSSR count). The Balaban J connectivity index is 1.48. The van der Waals surface area contributed by atoms with Crippen LogP contribution in [0.2, 0.25) is 0 Å². The molecule has 156 valence electrons. The molecule has 10 heteroatoms. The third-order valence-corrected chi connectivity index (χ3v) is 5.44. The summed E-state index contributed by atoms with van der Waals surface area (Å²) >= 11 is 0. The molecule has 0 saturated heterocycles. The first kappa shape index (κ1) is 17.8. The van der Waals surface area contributed by atoms with E-state index in [0.29, 0.717) is 36.4 Å². The van der Waals surface area contributed by atoms with Gasteiger partial charge in [0.05, 0.1) is 36.1 Å². The molecule has 2 aliphatic rings. The maximum Gasteiger partial charge on any atom is 0.212 e.